The average Bonchev–Trinajstić information content (AvgIpc) is 2.28. The highest BCUT2D eigenvalue weighted by Crippen LogP contribution is 2.18. The van der Waals surface area contributed by atoms with Crippen LogP contribution in [0.1, 0.15) is 23.0 Å². The first-order valence-electron chi connectivity index (χ1n) is 5.68. The van der Waals surface area contributed by atoms with Crippen LogP contribution < -0.4 is 5.43 Å². The lowest BCUT2D eigenvalue weighted by Crippen LogP contribution is -2.42. The molecule has 1 aromatic heterocycles. The summed E-state index contributed by atoms with van der Waals surface area (Å²) in [6.45, 7) is 5.34. The Morgan fingerprint density at radius 2 is 2.35 bits per heavy atom. The molecule has 1 fully saturated rings. The molecular formula is C12H16N2O2S. The van der Waals surface area contributed by atoms with Crippen LogP contribution in [0.25, 0.3) is 0 Å². The fourth-order valence-electron chi connectivity index (χ4n) is 1.91. The van der Waals surface area contributed by atoms with E-state index in [1.165, 1.54) is 12.3 Å². The molecule has 0 saturated carbocycles. The van der Waals surface area contributed by atoms with E-state index in [0.717, 1.165) is 24.5 Å². The first-order valence-corrected chi connectivity index (χ1v) is 6.73. The van der Waals surface area contributed by atoms with E-state index in [4.69, 9.17) is 0 Å². The minimum absolute atomic E-state index is 0.154. The molecule has 1 amide bonds. The van der Waals surface area contributed by atoms with Crippen molar-refractivity contribution < 1.29 is 4.79 Å². The Balaban J connectivity index is 2.22. The maximum atomic E-state index is 12.2. The summed E-state index contributed by atoms with van der Waals surface area (Å²) in [4.78, 5) is 28.6. The van der Waals surface area contributed by atoms with E-state index in [2.05, 4.69) is 11.9 Å². The second kappa shape index (κ2) is 4.96. The number of amides is 1. The maximum absolute atomic E-state index is 12.2. The third-order valence-electron chi connectivity index (χ3n) is 2.82. The quantitative estimate of drug-likeness (QED) is 0.818. The van der Waals surface area contributed by atoms with Crippen LogP contribution >= 0.6 is 11.8 Å². The molecule has 1 aromatic rings. The van der Waals surface area contributed by atoms with E-state index in [1.54, 1.807) is 11.8 Å². The van der Waals surface area contributed by atoms with Gasteiger partial charge >= 0.3 is 0 Å². The van der Waals surface area contributed by atoms with Gasteiger partial charge in [-0.25, -0.2) is 0 Å². The van der Waals surface area contributed by atoms with Crippen LogP contribution in [0.3, 0.4) is 0 Å². The van der Waals surface area contributed by atoms with Gasteiger partial charge in [0.1, 0.15) is 5.56 Å². The largest absolute Gasteiger partial charge is 0.364 e. The third-order valence-corrected chi connectivity index (χ3v) is 3.95. The highest BCUT2D eigenvalue weighted by molar-refractivity contribution is 7.99. The average molecular weight is 252 g/mol. The minimum Gasteiger partial charge on any atom is -0.364 e. The molecule has 4 nitrogen and oxygen atoms in total. The molecule has 17 heavy (non-hydrogen) atoms. The Bertz CT molecular complexity index is 484. The summed E-state index contributed by atoms with van der Waals surface area (Å²) < 4.78 is 0. The predicted molar refractivity (Wildman–Crippen MR) is 69.6 cm³/mol. The van der Waals surface area contributed by atoms with Crippen LogP contribution in [0.4, 0.5) is 0 Å². The predicted octanol–water partition coefficient (Wildman–Crippen LogP) is 1.26. The Labute approximate surface area is 104 Å². The van der Waals surface area contributed by atoms with Crippen LogP contribution in [-0.4, -0.2) is 39.9 Å². The Kier molecular flexibility index (Phi) is 3.57. The number of rotatable bonds is 1. The smallest absolute Gasteiger partial charge is 0.259 e. The lowest BCUT2D eigenvalue weighted by atomic mass is 10.2. The summed E-state index contributed by atoms with van der Waals surface area (Å²) in [7, 11) is 0. The number of nitrogens with zero attached hydrogens (tertiary/aromatic N) is 1. The number of aromatic amines is 1. The monoisotopic (exact) mass is 252 g/mol. The molecule has 2 heterocycles. The zero-order valence-corrected chi connectivity index (χ0v) is 10.8. The molecule has 0 bridgehead atoms. The van der Waals surface area contributed by atoms with Crippen LogP contribution in [0.15, 0.2) is 17.1 Å². The van der Waals surface area contributed by atoms with Crippen molar-refractivity contribution in [2.75, 3.05) is 18.8 Å². The second-order valence-corrected chi connectivity index (χ2v) is 5.87. The van der Waals surface area contributed by atoms with E-state index in [9.17, 15) is 9.59 Å². The van der Waals surface area contributed by atoms with Crippen molar-refractivity contribution in [2.45, 2.75) is 19.1 Å². The summed E-state index contributed by atoms with van der Waals surface area (Å²) in [5, 5.41) is 0.442. The van der Waals surface area contributed by atoms with Gasteiger partial charge in [0.15, 0.2) is 5.43 Å². The fourth-order valence-corrected chi connectivity index (χ4v) is 2.93. The summed E-state index contributed by atoms with van der Waals surface area (Å²) in [6.07, 6.45) is 1.52. The van der Waals surface area contributed by atoms with Crippen molar-refractivity contribution in [3.63, 3.8) is 0 Å². The van der Waals surface area contributed by atoms with Crippen molar-refractivity contribution in [3.8, 4) is 0 Å². The van der Waals surface area contributed by atoms with E-state index in [-0.39, 0.29) is 16.9 Å². The maximum Gasteiger partial charge on any atom is 0.259 e. The van der Waals surface area contributed by atoms with Gasteiger partial charge < -0.3 is 9.88 Å². The number of carbonyl (C=O) groups is 1. The van der Waals surface area contributed by atoms with Gasteiger partial charge in [0, 0.05) is 42.0 Å². The number of H-pyrrole nitrogens is 1. The first kappa shape index (κ1) is 12.2. The summed E-state index contributed by atoms with van der Waals surface area (Å²) in [5.41, 5.74) is 0.820. The van der Waals surface area contributed by atoms with Crippen molar-refractivity contribution in [2.24, 2.45) is 0 Å². The number of thioether (sulfide) groups is 1. The van der Waals surface area contributed by atoms with Crippen LogP contribution in [0.5, 0.6) is 0 Å². The number of aromatic nitrogens is 1. The Hall–Kier alpha value is -1.23. The molecule has 1 unspecified atom stereocenters. The van der Waals surface area contributed by atoms with Crippen LogP contribution in [0, 0.1) is 6.92 Å². The summed E-state index contributed by atoms with van der Waals surface area (Å²) >= 11 is 1.86. The lowest BCUT2D eigenvalue weighted by Gasteiger charge is -2.30. The van der Waals surface area contributed by atoms with Crippen molar-refractivity contribution in [1.29, 1.82) is 0 Å². The highest BCUT2D eigenvalue weighted by atomic mass is 32.2. The number of aryl methyl sites for hydroxylation is 1. The fraction of sp³-hybridized carbons (Fsp3) is 0.500. The molecule has 5 heteroatoms. The SMILES string of the molecule is Cc1cc(=O)c(C(=O)N2CCSC(C)C2)c[nH]1. The van der Waals surface area contributed by atoms with E-state index >= 15 is 0 Å². The molecule has 0 aliphatic carbocycles. The standard InChI is InChI=1S/C12H16N2O2S/c1-8-5-11(15)10(6-13-8)12(16)14-3-4-17-9(2)7-14/h5-6,9H,3-4,7H2,1-2H3,(H,13,15). The van der Waals surface area contributed by atoms with E-state index < -0.39 is 0 Å². The highest BCUT2D eigenvalue weighted by Gasteiger charge is 2.23. The van der Waals surface area contributed by atoms with Crippen LogP contribution in [-0.2, 0) is 0 Å². The number of hydrogen-bond acceptors (Lipinski definition) is 3. The molecule has 1 N–H and O–H groups in total. The first-order chi connectivity index (χ1) is 8.08. The number of nitrogens with one attached hydrogen (secondary N) is 1. The molecule has 1 saturated heterocycles. The zero-order chi connectivity index (χ0) is 12.4. The van der Waals surface area contributed by atoms with Gasteiger partial charge in [-0.1, -0.05) is 6.92 Å². The molecule has 1 aliphatic heterocycles. The minimum atomic E-state index is -0.197. The van der Waals surface area contributed by atoms with Gasteiger partial charge in [0.05, 0.1) is 0 Å². The van der Waals surface area contributed by atoms with Gasteiger partial charge in [-0.05, 0) is 6.92 Å². The molecule has 0 radical (unpaired) electrons. The molecule has 92 valence electrons. The number of pyridine rings is 1. The Morgan fingerprint density at radius 1 is 1.59 bits per heavy atom. The van der Waals surface area contributed by atoms with Gasteiger partial charge in [-0.15, -0.1) is 0 Å². The molecule has 0 aromatic carbocycles. The summed E-state index contributed by atoms with van der Waals surface area (Å²) in [6, 6.07) is 1.47. The van der Waals surface area contributed by atoms with Crippen molar-refractivity contribution in [3.05, 3.63) is 33.7 Å². The Morgan fingerprint density at radius 3 is 3.00 bits per heavy atom. The van der Waals surface area contributed by atoms with Crippen LogP contribution in [0.2, 0.25) is 0 Å². The van der Waals surface area contributed by atoms with Crippen molar-refractivity contribution >= 4 is 17.7 Å². The van der Waals surface area contributed by atoms with Gasteiger partial charge in [0.25, 0.3) is 5.91 Å². The van der Waals surface area contributed by atoms with Crippen molar-refractivity contribution in [1.82, 2.24) is 9.88 Å². The molecule has 1 aliphatic rings. The molecule has 0 spiro atoms. The van der Waals surface area contributed by atoms with Gasteiger partial charge in [-0.3, -0.25) is 9.59 Å². The summed E-state index contributed by atoms with van der Waals surface area (Å²) in [5.74, 6) is 0.787. The molecule has 1 atom stereocenters. The topological polar surface area (TPSA) is 53.2 Å². The van der Waals surface area contributed by atoms with Gasteiger partial charge in [0.2, 0.25) is 0 Å². The lowest BCUT2D eigenvalue weighted by molar-refractivity contribution is 0.0761. The normalized spacial score (nSPS) is 20.4. The van der Waals surface area contributed by atoms with E-state index in [0.29, 0.717) is 5.25 Å². The van der Waals surface area contributed by atoms with Gasteiger partial charge in [-0.2, -0.15) is 11.8 Å². The second-order valence-electron chi connectivity index (χ2n) is 4.33. The molecule has 2 rings (SSSR count). The number of hydrogen-bond donors (Lipinski definition) is 1. The number of carbonyl (C=O) groups excluding carboxylic acids is 1. The third kappa shape index (κ3) is 2.72. The molecular weight excluding hydrogens is 236 g/mol. The van der Waals surface area contributed by atoms with E-state index in [1.807, 2.05) is 11.8 Å². The zero-order valence-electron chi connectivity index (χ0n) is 10.0.